The van der Waals surface area contributed by atoms with Gasteiger partial charge in [0.15, 0.2) is 0 Å². The topological polar surface area (TPSA) is 46.9 Å². The van der Waals surface area contributed by atoms with Crippen LogP contribution in [-0.2, 0) is 11.3 Å². The van der Waals surface area contributed by atoms with Gasteiger partial charge in [0.2, 0.25) is 5.91 Å². The predicted molar refractivity (Wildman–Crippen MR) is 81.6 cm³/mol. The van der Waals surface area contributed by atoms with Crippen molar-refractivity contribution in [3.63, 3.8) is 0 Å². The van der Waals surface area contributed by atoms with Crippen LogP contribution in [0.4, 0.5) is 0 Å². The van der Waals surface area contributed by atoms with Gasteiger partial charge in [-0.25, -0.2) is 4.98 Å². The molecule has 0 spiro atoms. The lowest BCUT2D eigenvalue weighted by molar-refractivity contribution is -0.125. The molecule has 0 saturated heterocycles. The number of hydrogen-bond acceptors (Lipinski definition) is 2. The summed E-state index contributed by atoms with van der Waals surface area (Å²) in [6.45, 7) is 7.53. The molecule has 0 aliphatic carbocycles. The quantitative estimate of drug-likeness (QED) is 0.879. The molecule has 0 aliphatic rings. The van der Waals surface area contributed by atoms with Crippen LogP contribution in [0, 0.1) is 12.8 Å². The number of amides is 1. The van der Waals surface area contributed by atoms with Crippen molar-refractivity contribution in [2.45, 2.75) is 40.2 Å². The highest BCUT2D eigenvalue weighted by Gasteiger charge is 2.13. The highest BCUT2D eigenvalue weighted by atomic mass is 16.1. The molecule has 0 saturated carbocycles. The van der Waals surface area contributed by atoms with Crippen molar-refractivity contribution in [2.75, 3.05) is 6.54 Å². The molecule has 1 aromatic heterocycles. The van der Waals surface area contributed by atoms with Gasteiger partial charge in [-0.3, -0.25) is 4.79 Å². The number of carbonyl (C=O) groups excluding carboxylic acids is 1. The van der Waals surface area contributed by atoms with Gasteiger partial charge in [0, 0.05) is 19.0 Å². The molecule has 0 bridgehead atoms. The van der Waals surface area contributed by atoms with Crippen LogP contribution in [-0.4, -0.2) is 22.0 Å². The Hall–Kier alpha value is -1.84. The van der Waals surface area contributed by atoms with Gasteiger partial charge in [0.1, 0.15) is 5.82 Å². The Kier molecular flexibility index (Phi) is 4.77. The van der Waals surface area contributed by atoms with Gasteiger partial charge in [-0.2, -0.15) is 0 Å². The Morgan fingerprint density at radius 3 is 2.70 bits per heavy atom. The minimum absolute atomic E-state index is 0.135. The number of aromatic nitrogens is 2. The molecule has 2 rings (SSSR count). The highest BCUT2D eigenvalue weighted by Crippen LogP contribution is 2.15. The number of imidazole rings is 1. The van der Waals surface area contributed by atoms with Gasteiger partial charge >= 0.3 is 0 Å². The molecule has 0 fully saturated rings. The first-order chi connectivity index (χ1) is 9.67. The van der Waals surface area contributed by atoms with Gasteiger partial charge < -0.3 is 9.88 Å². The summed E-state index contributed by atoms with van der Waals surface area (Å²) in [5, 5.41) is 3.03. The van der Waals surface area contributed by atoms with Crippen molar-refractivity contribution < 1.29 is 4.79 Å². The van der Waals surface area contributed by atoms with Gasteiger partial charge in [0.05, 0.1) is 11.0 Å². The molecule has 20 heavy (non-hydrogen) atoms. The number of benzene rings is 1. The third kappa shape index (κ3) is 3.00. The van der Waals surface area contributed by atoms with Crippen LogP contribution in [0.15, 0.2) is 24.3 Å². The van der Waals surface area contributed by atoms with E-state index in [4.69, 9.17) is 0 Å². The SMILES string of the molecule is CCC(CC)C(=O)NCCn1c(C)nc2ccccc21. The van der Waals surface area contributed by atoms with Gasteiger partial charge in [-0.05, 0) is 31.9 Å². The second kappa shape index (κ2) is 6.55. The van der Waals surface area contributed by atoms with E-state index < -0.39 is 0 Å². The van der Waals surface area contributed by atoms with Gasteiger partial charge in [-0.15, -0.1) is 0 Å². The molecular weight excluding hydrogens is 250 g/mol. The van der Waals surface area contributed by atoms with Crippen LogP contribution in [0.3, 0.4) is 0 Å². The zero-order valence-electron chi connectivity index (χ0n) is 12.5. The third-order valence-electron chi connectivity index (χ3n) is 3.84. The lowest BCUT2D eigenvalue weighted by Crippen LogP contribution is -2.32. The Morgan fingerprint density at radius 1 is 1.30 bits per heavy atom. The van der Waals surface area contributed by atoms with Crippen LogP contribution in [0.1, 0.15) is 32.5 Å². The average molecular weight is 273 g/mol. The second-order valence-electron chi connectivity index (χ2n) is 5.10. The van der Waals surface area contributed by atoms with Gasteiger partial charge in [-0.1, -0.05) is 26.0 Å². The zero-order valence-corrected chi connectivity index (χ0v) is 12.5. The number of carbonyl (C=O) groups is 1. The number of fused-ring (bicyclic) bond motifs is 1. The molecule has 0 aliphatic heterocycles. The Bertz CT molecular complexity index is 584. The summed E-state index contributed by atoms with van der Waals surface area (Å²) in [6.07, 6.45) is 1.80. The Balaban J connectivity index is 2.00. The van der Waals surface area contributed by atoms with Crippen LogP contribution < -0.4 is 5.32 Å². The van der Waals surface area contributed by atoms with Crippen LogP contribution in [0.25, 0.3) is 11.0 Å². The van der Waals surface area contributed by atoms with E-state index in [-0.39, 0.29) is 11.8 Å². The lowest BCUT2D eigenvalue weighted by atomic mass is 10.0. The number of para-hydroxylation sites is 2. The molecule has 108 valence electrons. The van der Waals surface area contributed by atoms with Gasteiger partial charge in [0.25, 0.3) is 0 Å². The van der Waals surface area contributed by atoms with E-state index in [1.165, 1.54) is 0 Å². The summed E-state index contributed by atoms with van der Waals surface area (Å²) in [5.41, 5.74) is 2.14. The number of aryl methyl sites for hydroxylation is 1. The Labute approximate surface area is 120 Å². The predicted octanol–water partition coefficient (Wildman–Crippen LogP) is 2.90. The molecule has 2 aromatic rings. The maximum absolute atomic E-state index is 11.9. The molecule has 0 atom stereocenters. The summed E-state index contributed by atoms with van der Waals surface area (Å²) in [6, 6.07) is 8.09. The van der Waals surface area contributed by atoms with E-state index in [0.717, 1.165) is 36.2 Å². The molecule has 1 N–H and O–H groups in total. The molecule has 0 radical (unpaired) electrons. The van der Waals surface area contributed by atoms with E-state index in [1.807, 2.05) is 25.1 Å². The molecule has 4 nitrogen and oxygen atoms in total. The summed E-state index contributed by atoms with van der Waals surface area (Å²) in [5.74, 6) is 1.29. The third-order valence-corrected chi connectivity index (χ3v) is 3.84. The molecule has 1 aromatic carbocycles. The average Bonchev–Trinajstić information content (AvgIpc) is 2.76. The molecule has 1 amide bonds. The van der Waals surface area contributed by atoms with Crippen LogP contribution in [0.2, 0.25) is 0 Å². The maximum atomic E-state index is 11.9. The van der Waals surface area contributed by atoms with Crippen molar-refractivity contribution in [2.24, 2.45) is 5.92 Å². The van der Waals surface area contributed by atoms with Crippen molar-refractivity contribution in [1.29, 1.82) is 0 Å². The maximum Gasteiger partial charge on any atom is 0.223 e. The summed E-state index contributed by atoms with van der Waals surface area (Å²) >= 11 is 0. The fourth-order valence-corrected chi connectivity index (χ4v) is 2.57. The van der Waals surface area contributed by atoms with E-state index in [0.29, 0.717) is 6.54 Å². The van der Waals surface area contributed by atoms with Crippen molar-refractivity contribution >= 4 is 16.9 Å². The minimum atomic E-state index is 0.135. The van der Waals surface area contributed by atoms with E-state index in [2.05, 4.69) is 34.8 Å². The lowest BCUT2D eigenvalue weighted by Gasteiger charge is -2.13. The molecule has 1 heterocycles. The minimum Gasteiger partial charge on any atom is -0.354 e. The number of nitrogens with zero attached hydrogens (tertiary/aromatic N) is 2. The summed E-state index contributed by atoms with van der Waals surface area (Å²) in [7, 11) is 0. The molecule has 4 heteroatoms. The smallest absolute Gasteiger partial charge is 0.223 e. The number of nitrogens with one attached hydrogen (secondary N) is 1. The fourth-order valence-electron chi connectivity index (χ4n) is 2.57. The normalized spacial score (nSPS) is 11.2. The number of rotatable bonds is 6. The molecule has 0 unspecified atom stereocenters. The molecular formula is C16H23N3O. The highest BCUT2D eigenvalue weighted by molar-refractivity contribution is 5.78. The second-order valence-corrected chi connectivity index (χ2v) is 5.10. The van der Waals surface area contributed by atoms with Crippen molar-refractivity contribution in [3.05, 3.63) is 30.1 Å². The summed E-state index contributed by atoms with van der Waals surface area (Å²) < 4.78 is 2.16. The largest absolute Gasteiger partial charge is 0.354 e. The zero-order chi connectivity index (χ0) is 14.5. The van der Waals surface area contributed by atoms with Crippen LogP contribution in [0.5, 0.6) is 0 Å². The number of hydrogen-bond donors (Lipinski definition) is 1. The first-order valence-corrected chi connectivity index (χ1v) is 7.37. The van der Waals surface area contributed by atoms with Crippen molar-refractivity contribution in [3.8, 4) is 0 Å². The summed E-state index contributed by atoms with van der Waals surface area (Å²) in [4.78, 5) is 16.5. The van der Waals surface area contributed by atoms with Crippen molar-refractivity contribution in [1.82, 2.24) is 14.9 Å². The first kappa shape index (κ1) is 14.6. The first-order valence-electron chi connectivity index (χ1n) is 7.37. The van der Waals surface area contributed by atoms with E-state index in [9.17, 15) is 4.79 Å². The van der Waals surface area contributed by atoms with E-state index in [1.54, 1.807) is 0 Å². The standard InChI is InChI=1S/C16H23N3O/c1-4-13(5-2)16(20)17-10-11-19-12(3)18-14-8-6-7-9-15(14)19/h6-9,13H,4-5,10-11H2,1-3H3,(H,17,20). The fraction of sp³-hybridized carbons (Fsp3) is 0.500. The Morgan fingerprint density at radius 2 is 2.00 bits per heavy atom. The monoisotopic (exact) mass is 273 g/mol. The van der Waals surface area contributed by atoms with Crippen LogP contribution >= 0.6 is 0 Å². The van der Waals surface area contributed by atoms with E-state index >= 15 is 0 Å².